The zero-order chi connectivity index (χ0) is 16.6. The van der Waals surface area contributed by atoms with Crippen LogP contribution < -0.4 is 4.74 Å². The van der Waals surface area contributed by atoms with E-state index in [2.05, 4.69) is 0 Å². The van der Waals surface area contributed by atoms with E-state index in [4.69, 9.17) is 21.1 Å². The first-order chi connectivity index (χ1) is 10.9. The van der Waals surface area contributed by atoms with Crippen LogP contribution >= 0.6 is 11.6 Å². The molecular weight excluding hydrogens is 319 g/mol. The van der Waals surface area contributed by atoms with E-state index in [0.29, 0.717) is 18.3 Å². The van der Waals surface area contributed by atoms with Crippen molar-refractivity contribution in [1.82, 2.24) is 0 Å². The molecule has 0 amide bonds. The monoisotopic (exact) mass is 340 g/mol. The fourth-order valence-electron chi connectivity index (χ4n) is 3.30. The van der Waals surface area contributed by atoms with Gasteiger partial charge in [0.15, 0.2) is 0 Å². The number of fused-ring (bicyclic) bond motifs is 1. The summed E-state index contributed by atoms with van der Waals surface area (Å²) in [6.07, 6.45) is 3.76. The molecule has 0 radical (unpaired) electrons. The van der Waals surface area contributed by atoms with Crippen LogP contribution in [0.1, 0.15) is 43.5 Å². The number of hydrogen-bond donors (Lipinski definition) is 0. The summed E-state index contributed by atoms with van der Waals surface area (Å²) < 4.78 is 24.9. The quantitative estimate of drug-likeness (QED) is 0.703. The van der Waals surface area contributed by atoms with Gasteiger partial charge in [-0.25, -0.2) is 9.18 Å². The minimum atomic E-state index is -0.694. The lowest BCUT2D eigenvalue weighted by atomic mass is 10.1. The van der Waals surface area contributed by atoms with Gasteiger partial charge in [0.25, 0.3) is 0 Å². The predicted octanol–water partition coefficient (Wildman–Crippen LogP) is 4.72. The van der Waals surface area contributed by atoms with E-state index in [1.54, 1.807) is 0 Å². The average Bonchev–Trinajstić information content (AvgIpc) is 3.11. The van der Waals surface area contributed by atoms with E-state index < -0.39 is 11.8 Å². The van der Waals surface area contributed by atoms with Crippen molar-refractivity contribution in [3.8, 4) is 5.75 Å². The number of ether oxygens (including phenoxy) is 2. The van der Waals surface area contributed by atoms with Crippen LogP contribution in [0.5, 0.6) is 5.75 Å². The summed E-state index contributed by atoms with van der Waals surface area (Å²) in [7, 11) is 0. The maximum atomic E-state index is 14.1. The van der Waals surface area contributed by atoms with E-state index in [1.807, 2.05) is 13.8 Å². The summed E-state index contributed by atoms with van der Waals surface area (Å²) >= 11 is 6.13. The van der Waals surface area contributed by atoms with E-state index in [9.17, 15) is 9.18 Å². The molecule has 3 nitrogen and oxygen atoms in total. The van der Waals surface area contributed by atoms with Crippen LogP contribution in [0, 0.1) is 29.5 Å². The minimum Gasteiger partial charge on any atom is -0.492 e. The van der Waals surface area contributed by atoms with Crippen molar-refractivity contribution in [2.24, 2.45) is 23.7 Å². The third-order valence-corrected chi connectivity index (χ3v) is 4.90. The first-order valence-corrected chi connectivity index (χ1v) is 8.60. The molecule has 0 spiro atoms. The highest BCUT2D eigenvalue weighted by molar-refractivity contribution is 6.32. The first kappa shape index (κ1) is 16.6. The van der Waals surface area contributed by atoms with Gasteiger partial charge in [-0.2, -0.15) is 0 Å². The Morgan fingerprint density at radius 2 is 2.00 bits per heavy atom. The van der Waals surface area contributed by atoms with Gasteiger partial charge in [0.2, 0.25) is 0 Å². The van der Waals surface area contributed by atoms with E-state index in [0.717, 1.165) is 11.8 Å². The third-order valence-electron chi connectivity index (χ3n) is 4.60. The Kier molecular flexibility index (Phi) is 4.81. The standard InChI is InChI=1S/C18H22ClFO3/c1-10(2)8-23-18(21)14-6-15(19)17(7-16(14)20)22-9-11-3-12-5-13(12)4-11/h6-7,10-13H,3-5,8-9H2,1-2H3. The molecule has 0 heterocycles. The van der Waals surface area contributed by atoms with E-state index in [1.165, 1.54) is 31.4 Å². The molecule has 23 heavy (non-hydrogen) atoms. The Hall–Kier alpha value is -1.29. The highest BCUT2D eigenvalue weighted by Crippen LogP contribution is 2.54. The van der Waals surface area contributed by atoms with Crippen LogP contribution in [0.15, 0.2) is 12.1 Å². The van der Waals surface area contributed by atoms with E-state index in [-0.39, 0.29) is 23.1 Å². The normalized spacial score (nSPS) is 25.3. The predicted molar refractivity (Wildman–Crippen MR) is 86.3 cm³/mol. The second-order valence-electron chi connectivity index (χ2n) is 7.16. The van der Waals surface area contributed by atoms with Crippen molar-refractivity contribution in [3.63, 3.8) is 0 Å². The molecule has 2 aliphatic rings. The molecule has 3 rings (SSSR count). The van der Waals surface area contributed by atoms with Crippen molar-refractivity contribution in [1.29, 1.82) is 0 Å². The van der Waals surface area contributed by atoms with Gasteiger partial charge >= 0.3 is 5.97 Å². The molecule has 0 aliphatic heterocycles. The smallest absolute Gasteiger partial charge is 0.341 e. The van der Waals surface area contributed by atoms with Crippen LogP contribution in [0.25, 0.3) is 0 Å². The summed E-state index contributed by atoms with van der Waals surface area (Å²) in [5.74, 6) is 1.44. The van der Waals surface area contributed by atoms with Gasteiger partial charge in [0.1, 0.15) is 11.6 Å². The molecule has 5 heteroatoms. The summed E-state index contributed by atoms with van der Waals surface area (Å²) in [4.78, 5) is 11.9. The zero-order valence-electron chi connectivity index (χ0n) is 13.5. The lowest BCUT2D eigenvalue weighted by molar-refractivity contribution is 0.0453. The number of hydrogen-bond acceptors (Lipinski definition) is 3. The summed E-state index contributed by atoms with van der Waals surface area (Å²) in [6.45, 7) is 4.64. The maximum Gasteiger partial charge on any atom is 0.341 e. The van der Waals surface area contributed by atoms with Crippen molar-refractivity contribution in [2.45, 2.75) is 33.1 Å². The Bertz CT molecular complexity index is 592. The molecule has 2 aliphatic carbocycles. The zero-order valence-corrected chi connectivity index (χ0v) is 14.2. The van der Waals surface area contributed by atoms with Gasteiger partial charge in [-0.15, -0.1) is 0 Å². The number of carbonyl (C=O) groups excluding carboxylic acids is 1. The lowest BCUT2D eigenvalue weighted by Crippen LogP contribution is -2.13. The number of halogens is 2. The fourth-order valence-corrected chi connectivity index (χ4v) is 3.52. The summed E-state index contributed by atoms with van der Waals surface area (Å²) in [6, 6.07) is 2.48. The van der Waals surface area contributed by atoms with Crippen molar-refractivity contribution < 1.29 is 18.7 Å². The van der Waals surface area contributed by atoms with Crippen LogP contribution in [0.4, 0.5) is 4.39 Å². The fraction of sp³-hybridized carbons (Fsp3) is 0.611. The molecule has 126 valence electrons. The molecule has 0 aromatic heterocycles. The third kappa shape index (κ3) is 3.97. The van der Waals surface area contributed by atoms with Gasteiger partial charge in [0, 0.05) is 6.07 Å². The van der Waals surface area contributed by atoms with Crippen molar-refractivity contribution in [2.75, 3.05) is 13.2 Å². The maximum absolute atomic E-state index is 14.1. The molecule has 2 saturated carbocycles. The van der Waals surface area contributed by atoms with Gasteiger partial charge in [0.05, 0.1) is 23.8 Å². The lowest BCUT2D eigenvalue weighted by Gasteiger charge is -2.15. The number of carbonyl (C=O) groups is 1. The number of esters is 1. The molecule has 0 saturated heterocycles. The highest BCUT2D eigenvalue weighted by atomic mass is 35.5. The van der Waals surface area contributed by atoms with Gasteiger partial charge in [-0.1, -0.05) is 25.4 Å². The Morgan fingerprint density at radius 3 is 2.65 bits per heavy atom. The number of rotatable bonds is 6. The second kappa shape index (κ2) is 6.68. The van der Waals surface area contributed by atoms with Crippen molar-refractivity contribution >= 4 is 17.6 Å². The highest BCUT2D eigenvalue weighted by Gasteiger charge is 2.45. The van der Waals surface area contributed by atoms with E-state index >= 15 is 0 Å². The average molecular weight is 341 g/mol. The largest absolute Gasteiger partial charge is 0.492 e. The van der Waals surface area contributed by atoms with Gasteiger partial charge in [-0.05, 0) is 49.0 Å². The van der Waals surface area contributed by atoms with Gasteiger partial charge in [-0.3, -0.25) is 0 Å². The molecule has 1 aromatic rings. The number of benzene rings is 1. The molecular formula is C18H22ClFO3. The topological polar surface area (TPSA) is 35.5 Å². The molecule has 2 atom stereocenters. The SMILES string of the molecule is CC(C)COC(=O)c1cc(Cl)c(OCC2CC3CC3C2)cc1F. The van der Waals surface area contributed by atoms with Crippen LogP contribution in [0.3, 0.4) is 0 Å². The van der Waals surface area contributed by atoms with Crippen LogP contribution in [0.2, 0.25) is 5.02 Å². The Labute approximate surface area is 141 Å². The molecule has 2 unspecified atom stereocenters. The summed E-state index contributed by atoms with van der Waals surface area (Å²) in [5, 5.41) is 0.242. The van der Waals surface area contributed by atoms with Gasteiger partial charge < -0.3 is 9.47 Å². The molecule has 2 fully saturated rings. The van der Waals surface area contributed by atoms with Crippen molar-refractivity contribution in [3.05, 3.63) is 28.5 Å². The first-order valence-electron chi connectivity index (χ1n) is 8.23. The minimum absolute atomic E-state index is 0.148. The summed E-state index contributed by atoms with van der Waals surface area (Å²) in [5.41, 5.74) is -0.148. The molecule has 0 N–H and O–H groups in total. The molecule has 0 bridgehead atoms. The Morgan fingerprint density at radius 1 is 1.30 bits per heavy atom. The second-order valence-corrected chi connectivity index (χ2v) is 7.57. The van der Waals surface area contributed by atoms with Crippen LogP contribution in [-0.2, 0) is 4.74 Å². The Balaban J connectivity index is 1.61. The van der Waals surface area contributed by atoms with Crippen LogP contribution in [-0.4, -0.2) is 19.2 Å². The molecule has 1 aromatic carbocycles.